The molecule has 112 valence electrons. The Morgan fingerprint density at radius 1 is 1.26 bits per heavy atom. The van der Waals surface area contributed by atoms with Crippen molar-refractivity contribution >= 4 is 33.1 Å². The van der Waals surface area contributed by atoms with E-state index in [2.05, 4.69) is 37.4 Å². The van der Waals surface area contributed by atoms with E-state index < -0.39 is 0 Å². The van der Waals surface area contributed by atoms with E-state index in [1.165, 1.54) is 0 Å². The Balaban J connectivity index is 1.93. The summed E-state index contributed by atoms with van der Waals surface area (Å²) in [6, 6.07) is 13.5. The molecule has 4 aromatic rings. The second-order valence-corrected chi connectivity index (χ2v) is 5.70. The van der Waals surface area contributed by atoms with Gasteiger partial charge in [0.25, 0.3) is 0 Å². The van der Waals surface area contributed by atoms with E-state index in [9.17, 15) is 5.26 Å². The van der Waals surface area contributed by atoms with Gasteiger partial charge in [-0.3, -0.25) is 5.10 Å². The van der Waals surface area contributed by atoms with Gasteiger partial charge in [0.05, 0.1) is 12.0 Å². The number of aromatic amines is 1. The average molecular weight is 368 g/mol. The van der Waals surface area contributed by atoms with Crippen molar-refractivity contribution in [2.75, 3.05) is 5.32 Å². The Morgan fingerprint density at radius 3 is 2.87 bits per heavy atom. The van der Waals surface area contributed by atoms with Crippen molar-refractivity contribution in [1.29, 1.82) is 5.26 Å². The van der Waals surface area contributed by atoms with Crippen molar-refractivity contribution in [3.63, 3.8) is 0 Å². The third kappa shape index (κ3) is 2.20. The van der Waals surface area contributed by atoms with Crippen LogP contribution in [0.2, 0.25) is 0 Å². The molecule has 3 aromatic heterocycles. The van der Waals surface area contributed by atoms with Crippen LogP contribution >= 0.6 is 15.9 Å². The molecular formula is C16H10BrN5O. The van der Waals surface area contributed by atoms with Crippen LogP contribution in [-0.4, -0.2) is 14.6 Å². The van der Waals surface area contributed by atoms with Crippen molar-refractivity contribution in [1.82, 2.24) is 14.6 Å². The quantitative estimate of drug-likeness (QED) is 0.565. The van der Waals surface area contributed by atoms with E-state index >= 15 is 0 Å². The molecule has 0 spiro atoms. The molecule has 0 aliphatic carbocycles. The van der Waals surface area contributed by atoms with Gasteiger partial charge in [0, 0.05) is 10.7 Å². The first-order valence-electron chi connectivity index (χ1n) is 6.83. The monoisotopic (exact) mass is 367 g/mol. The molecule has 0 saturated carbocycles. The van der Waals surface area contributed by atoms with Gasteiger partial charge in [-0.15, -0.1) is 0 Å². The maximum absolute atomic E-state index is 9.21. The Hall–Kier alpha value is -2.98. The molecular weight excluding hydrogens is 358 g/mol. The minimum absolute atomic E-state index is 0.470. The van der Waals surface area contributed by atoms with Crippen LogP contribution in [0, 0.1) is 11.3 Å². The van der Waals surface area contributed by atoms with Gasteiger partial charge in [-0.1, -0.05) is 12.1 Å². The first-order chi connectivity index (χ1) is 11.3. The van der Waals surface area contributed by atoms with Gasteiger partial charge >= 0.3 is 0 Å². The number of hydrogen-bond acceptors (Lipinski definition) is 4. The van der Waals surface area contributed by atoms with Crippen molar-refractivity contribution in [2.24, 2.45) is 0 Å². The van der Waals surface area contributed by atoms with E-state index in [1.807, 2.05) is 30.3 Å². The molecule has 0 aliphatic rings. The van der Waals surface area contributed by atoms with Crippen molar-refractivity contribution in [3.8, 4) is 17.5 Å². The molecule has 0 fully saturated rings. The third-order valence-corrected chi connectivity index (χ3v) is 4.15. The molecule has 0 radical (unpaired) electrons. The van der Waals surface area contributed by atoms with Crippen LogP contribution in [0.25, 0.3) is 17.1 Å². The van der Waals surface area contributed by atoms with E-state index in [0.29, 0.717) is 28.5 Å². The van der Waals surface area contributed by atoms with Crippen molar-refractivity contribution in [2.45, 2.75) is 0 Å². The fourth-order valence-corrected chi connectivity index (χ4v) is 2.78. The largest absolute Gasteiger partial charge is 0.463 e. The number of nitrogens with zero attached hydrogens (tertiary/aromatic N) is 3. The standard InChI is InChI=1S/C16H10BrN5O/c17-11-4-1-2-5-12(11)20-16-14(13-6-3-7-23-13)21-15-10(8-18)9-19-22(15)16/h1-7,9,19-20H. The first kappa shape index (κ1) is 13.7. The molecule has 23 heavy (non-hydrogen) atoms. The highest BCUT2D eigenvalue weighted by atomic mass is 79.9. The number of nitrogens with one attached hydrogen (secondary N) is 2. The summed E-state index contributed by atoms with van der Waals surface area (Å²) in [6.45, 7) is 0. The van der Waals surface area contributed by atoms with E-state index in [0.717, 1.165) is 10.2 Å². The maximum atomic E-state index is 9.21. The molecule has 0 unspecified atom stereocenters. The summed E-state index contributed by atoms with van der Waals surface area (Å²) in [4.78, 5) is 4.55. The minimum Gasteiger partial charge on any atom is -0.463 e. The molecule has 0 bridgehead atoms. The van der Waals surface area contributed by atoms with E-state index in [4.69, 9.17) is 4.42 Å². The van der Waals surface area contributed by atoms with Crippen LogP contribution in [0.4, 0.5) is 11.5 Å². The number of rotatable bonds is 3. The highest BCUT2D eigenvalue weighted by molar-refractivity contribution is 9.10. The number of furan rings is 1. The summed E-state index contributed by atoms with van der Waals surface area (Å²) in [5.74, 6) is 1.32. The molecule has 1 aromatic carbocycles. The van der Waals surface area contributed by atoms with Gasteiger partial charge in [0.2, 0.25) is 0 Å². The lowest BCUT2D eigenvalue weighted by Crippen LogP contribution is -1.98. The molecule has 7 heteroatoms. The van der Waals surface area contributed by atoms with Crippen LogP contribution in [0.15, 0.2) is 57.7 Å². The van der Waals surface area contributed by atoms with Gasteiger partial charge in [0.1, 0.15) is 11.6 Å². The number of hydrogen-bond donors (Lipinski definition) is 2. The second kappa shape index (κ2) is 5.34. The van der Waals surface area contributed by atoms with E-state index in [-0.39, 0.29) is 0 Å². The molecule has 6 nitrogen and oxygen atoms in total. The summed E-state index contributed by atoms with van der Waals surface area (Å²) in [7, 11) is 0. The maximum Gasteiger partial charge on any atom is 0.173 e. The van der Waals surface area contributed by atoms with Gasteiger partial charge in [0.15, 0.2) is 22.9 Å². The topological polar surface area (TPSA) is 82.0 Å². The average Bonchev–Trinajstić information content (AvgIpc) is 3.26. The van der Waals surface area contributed by atoms with Crippen LogP contribution in [-0.2, 0) is 0 Å². The van der Waals surface area contributed by atoms with Crippen LogP contribution < -0.4 is 5.32 Å². The summed E-state index contributed by atoms with van der Waals surface area (Å²) >= 11 is 3.52. The number of benzene rings is 1. The second-order valence-electron chi connectivity index (χ2n) is 4.85. The third-order valence-electron chi connectivity index (χ3n) is 3.46. The Morgan fingerprint density at radius 2 is 2.13 bits per heavy atom. The molecule has 3 heterocycles. The van der Waals surface area contributed by atoms with Crippen molar-refractivity contribution in [3.05, 3.63) is 58.9 Å². The number of halogens is 1. The van der Waals surface area contributed by atoms with Gasteiger partial charge < -0.3 is 9.73 Å². The number of imidazole rings is 1. The minimum atomic E-state index is 0.470. The summed E-state index contributed by atoms with van der Waals surface area (Å²) in [5, 5.41) is 15.6. The SMILES string of the molecule is N#Cc1c[nH]n2c(Nc3ccccc3Br)c(-c3ccco3)nc12. The summed E-state index contributed by atoms with van der Waals surface area (Å²) in [6.07, 6.45) is 3.22. The molecule has 0 amide bonds. The molecule has 0 aliphatic heterocycles. The Labute approximate surface area is 139 Å². The summed E-state index contributed by atoms with van der Waals surface area (Å²) < 4.78 is 8.13. The highest BCUT2D eigenvalue weighted by Gasteiger charge is 2.20. The fraction of sp³-hybridized carbons (Fsp3) is 0. The molecule has 0 atom stereocenters. The van der Waals surface area contributed by atoms with Gasteiger partial charge in [-0.05, 0) is 40.2 Å². The predicted molar refractivity (Wildman–Crippen MR) is 89.4 cm³/mol. The van der Waals surface area contributed by atoms with Gasteiger partial charge in [-0.2, -0.15) is 5.26 Å². The lowest BCUT2D eigenvalue weighted by molar-refractivity contribution is 0.580. The van der Waals surface area contributed by atoms with E-state index in [1.54, 1.807) is 23.0 Å². The lowest BCUT2D eigenvalue weighted by Gasteiger charge is -2.08. The predicted octanol–water partition coefficient (Wildman–Crippen LogP) is 4.30. The zero-order valence-corrected chi connectivity index (χ0v) is 13.3. The Bertz CT molecular complexity index is 1020. The van der Waals surface area contributed by atoms with Crippen LogP contribution in [0.5, 0.6) is 0 Å². The zero-order valence-electron chi connectivity index (χ0n) is 11.7. The summed E-state index contributed by atoms with van der Waals surface area (Å²) in [5.41, 5.74) is 2.54. The highest BCUT2D eigenvalue weighted by Crippen LogP contribution is 2.34. The Kier molecular flexibility index (Phi) is 3.17. The zero-order chi connectivity index (χ0) is 15.8. The van der Waals surface area contributed by atoms with Crippen molar-refractivity contribution < 1.29 is 4.42 Å². The van der Waals surface area contributed by atoms with Crippen LogP contribution in [0.1, 0.15) is 5.56 Å². The van der Waals surface area contributed by atoms with Crippen LogP contribution in [0.3, 0.4) is 0 Å². The molecule has 0 saturated heterocycles. The number of nitriles is 1. The molecule has 4 rings (SSSR count). The normalized spacial score (nSPS) is 10.8. The lowest BCUT2D eigenvalue weighted by atomic mass is 10.3. The number of H-pyrrole nitrogens is 1. The number of aromatic nitrogens is 3. The molecule has 2 N–H and O–H groups in total. The number of anilines is 2. The number of para-hydroxylation sites is 1. The fourth-order valence-electron chi connectivity index (χ4n) is 2.39. The number of fused-ring (bicyclic) bond motifs is 1. The van der Waals surface area contributed by atoms with Gasteiger partial charge in [-0.25, -0.2) is 9.50 Å². The smallest absolute Gasteiger partial charge is 0.173 e. The first-order valence-corrected chi connectivity index (χ1v) is 7.62.